The fraction of sp³-hybridized carbons (Fsp3) is 0.889. The Bertz CT molecular complexity index is 502. The highest BCUT2D eigenvalue weighted by Crippen LogP contribution is 2.22. The molecule has 0 bridgehead atoms. The van der Waals surface area contributed by atoms with Crippen LogP contribution in [-0.4, -0.2) is 105 Å². The van der Waals surface area contributed by atoms with Crippen LogP contribution in [0, 0.1) is 0 Å². The molecule has 0 radical (unpaired) electrons. The second kappa shape index (κ2) is 11.5. The third-order valence-corrected chi connectivity index (χ3v) is 4.86. The maximum atomic E-state index is 12.4. The van der Waals surface area contributed by atoms with E-state index in [1.54, 1.807) is 0 Å². The van der Waals surface area contributed by atoms with E-state index < -0.39 is 12.6 Å². The minimum Gasteiger partial charge on any atom is -0.378 e. The quantitative estimate of drug-likeness (QED) is 0.390. The molecule has 0 spiro atoms. The number of carbonyl (C=O) groups is 1. The summed E-state index contributed by atoms with van der Waals surface area (Å²) in [5, 5.41) is 3.21. The van der Waals surface area contributed by atoms with Crippen LogP contribution in [0.5, 0.6) is 0 Å². The number of piperazine rings is 1. The predicted octanol–water partition coefficient (Wildman–Crippen LogP) is 1.16. The first-order chi connectivity index (χ1) is 13.4. The van der Waals surface area contributed by atoms with E-state index in [4.69, 9.17) is 4.74 Å². The Balaban J connectivity index is 1.73. The van der Waals surface area contributed by atoms with Crippen LogP contribution >= 0.6 is 0 Å². The number of ether oxygens (including phenoxy) is 1. The molecule has 0 unspecified atom stereocenters. The summed E-state index contributed by atoms with van der Waals surface area (Å²) in [4.78, 5) is 22.9. The van der Waals surface area contributed by atoms with Crippen molar-refractivity contribution < 1.29 is 22.7 Å². The van der Waals surface area contributed by atoms with Crippen molar-refractivity contribution in [1.29, 1.82) is 0 Å². The molecule has 2 saturated heterocycles. The van der Waals surface area contributed by atoms with Gasteiger partial charge in [0.05, 0.1) is 19.8 Å². The molecular formula is C18H32F3N5O2. The number of unbranched alkanes of at least 4 members (excludes halogenated alkanes) is 1. The summed E-state index contributed by atoms with van der Waals surface area (Å²) in [6, 6.07) is 0. The standard InChI is InChI=1S/C18H32F3N5O2/c1-2-22-17(23-6-4-3-5-18(19,20)21)26-9-7-24(8-10-26)15-16(27)25-11-13-28-14-12-25/h2-15H2,1H3,(H,22,23). The molecule has 10 heteroatoms. The number of aliphatic imine (C=N–C) groups is 1. The molecule has 2 heterocycles. The van der Waals surface area contributed by atoms with Gasteiger partial charge in [-0.2, -0.15) is 13.2 Å². The van der Waals surface area contributed by atoms with Gasteiger partial charge in [0.25, 0.3) is 0 Å². The van der Waals surface area contributed by atoms with Crippen molar-refractivity contribution >= 4 is 11.9 Å². The highest BCUT2D eigenvalue weighted by Gasteiger charge is 2.26. The molecule has 7 nitrogen and oxygen atoms in total. The van der Waals surface area contributed by atoms with Gasteiger partial charge in [0, 0.05) is 58.8 Å². The van der Waals surface area contributed by atoms with Crippen LogP contribution in [0.3, 0.4) is 0 Å². The van der Waals surface area contributed by atoms with Gasteiger partial charge >= 0.3 is 6.18 Å². The fourth-order valence-electron chi connectivity index (χ4n) is 3.27. The number of halogens is 3. The molecule has 1 N–H and O–H groups in total. The highest BCUT2D eigenvalue weighted by molar-refractivity contribution is 5.80. The molecule has 2 aliphatic rings. The molecule has 0 aromatic rings. The molecule has 162 valence electrons. The average molecular weight is 407 g/mol. The van der Waals surface area contributed by atoms with Crippen molar-refractivity contribution in [2.75, 3.05) is 72.1 Å². The van der Waals surface area contributed by atoms with Gasteiger partial charge in [-0.3, -0.25) is 14.7 Å². The molecule has 0 aromatic heterocycles. The van der Waals surface area contributed by atoms with Crippen molar-refractivity contribution in [2.24, 2.45) is 4.99 Å². The van der Waals surface area contributed by atoms with Crippen molar-refractivity contribution in [3.05, 3.63) is 0 Å². The largest absolute Gasteiger partial charge is 0.389 e. The van der Waals surface area contributed by atoms with E-state index in [0.29, 0.717) is 52.4 Å². The van der Waals surface area contributed by atoms with Crippen molar-refractivity contribution in [1.82, 2.24) is 20.0 Å². The average Bonchev–Trinajstić information content (AvgIpc) is 2.67. The Morgan fingerprint density at radius 1 is 1.04 bits per heavy atom. The van der Waals surface area contributed by atoms with Gasteiger partial charge < -0.3 is 19.9 Å². The van der Waals surface area contributed by atoms with E-state index in [1.165, 1.54) is 0 Å². The summed E-state index contributed by atoms with van der Waals surface area (Å²) >= 11 is 0. The van der Waals surface area contributed by atoms with Gasteiger partial charge in [-0.1, -0.05) is 0 Å². The number of hydrogen-bond donors (Lipinski definition) is 1. The van der Waals surface area contributed by atoms with E-state index >= 15 is 0 Å². The predicted molar refractivity (Wildman–Crippen MR) is 101 cm³/mol. The zero-order valence-corrected chi connectivity index (χ0v) is 16.6. The summed E-state index contributed by atoms with van der Waals surface area (Å²) in [6.07, 6.45) is -4.33. The zero-order chi connectivity index (χ0) is 20.4. The topological polar surface area (TPSA) is 60.4 Å². The first-order valence-electron chi connectivity index (χ1n) is 10.1. The van der Waals surface area contributed by atoms with Crippen LogP contribution in [-0.2, 0) is 9.53 Å². The first kappa shape index (κ1) is 22.7. The third kappa shape index (κ3) is 8.22. The van der Waals surface area contributed by atoms with Crippen LogP contribution in [0.1, 0.15) is 26.2 Å². The Morgan fingerprint density at radius 3 is 2.32 bits per heavy atom. The van der Waals surface area contributed by atoms with Gasteiger partial charge in [0.2, 0.25) is 5.91 Å². The molecule has 0 atom stereocenters. The molecule has 0 aliphatic carbocycles. The number of amides is 1. The van der Waals surface area contributed by atoms with Gasteiger partial charge in [-0.25, -0.2) is 0 Å². The number of carbonyl (C=O) groups excluding carboxylic acids is 1. The number of morpholine rings is 1. The van der Waals surface area contributed by atoms with E-state index in [0.717, 1.165) is 32.1 Å². The lowest BCUT2D eigenvalue weighted by molar-refractivity contribution is -0.137. The molecule has 2 fully saturated rings. The number of guanidine groups is 1. The summed E-state index contributed by atoms with van der Waals surface area (Å²) in [5.74, 6) is 0.885. The summed E-state index contributed by atoms with van der Waals surface area (Å²) in [5.41, 5.74) is 0. The minimum atomic E-state index is -4.09. The van der Waals surface area contributed by atoms with E-state index in [1.807, 2.05) is 11.8 Å². The van der Waals surface area contributed by atoms with Gasteiger partial charge in [0.1, 0.15) is 0 Å². The summed E-state index contributed by atoms with van der Waals surface area (Å²) < 4.78 is 41.9. The maximum absolute atomic E-state index is 12.4. The highest BCUT2D eigenvalue weighted by atomic mass is 19.4. The summed E-state index contributed by atoms with van der Waals surface area (Å²) in [6.45, 7) is 8.99. The fourth-order valence-corrected chi connectivity index (χ4v) is 3.27. The van der Waals surface area contributed by atoms with Crippen LogP contribution in [0.15, 0.2) is 4.99 Å². The molecule has 2 rings (SSSR count). The Hall–Kier alpha value is -1.55. The normalized spacial score (nSPS) is 19.8. The molecule has 28 heavy (non-hydrogen) atoms. The number of nitrogens with zero attached hydrogens (tertiary/aromatic N) is 4. The SMILES string of the molecule is CCNC(=NCCCCC(F)(F)F)N1CCN(CC(=O)N2CCOCC2)CC1. The smallest absolute Gasteiger partial charge is 0.378 e. The number of alkyl halides is 3. The summed E-state index contributed by atoms with van der Waals surface area (Å²) in [7, 11) is 0. The first-order valence-corrected chi connectivity index (χ1v) is 10.1. The Morgan fingerprint density at radius 2 is 1.71 bits per heavy atom. The van der Waals surface area contributed by atoms with Crippen LogP contribution in [0.25, 0.3) is 0 Å². The third-order valence-electron chi connectivity index (χ3n) is 4.86. The Labute approximate surface area is 164 Å². The van der Waals surface area contributed by atoms with Crippen LogP contribution in [0.4, 0.5) is 13.2 Å². The van der Waals surface area contributed by atoms with E-state index in [9.17, 15) is 18.0 Å². The van der Waals surface area contributed by atoms with E-state index in [2.05, 4.69) is 20.1 Å². The molecule has 1 amide bonds. The van der Waals surface area contributed by atoms with Crippen molar-refractivity contribution in [3.8, 4) is 0 Å². The maximum Gasteiger partial charge on any atom is 0.389 e. The molecule has 0 aromatic carbocycles. The van der Waals surface area contributed by atoms with Gasteiger partial charge in [0.15, 0.2) is 5.96 Å². The van der Waals surface area contributed by atoms with Crippen molar-refractivity contribution in [3.63, 3.8) is 0 Å². The second-order valence-electron chi connectivity index (χ2n) is 7.06. The van der Waals surface area contributed by atoms with E-state index in [-0.39, 0.29) is 12.3 Å². The Kier molecular flexibility index (Phi) is 9.30. The molecule has 2 aliphatic heterocycles. The second-order valence-corrected chi connectivity index (χ2v) is 7.06. The van der Waals surface area contributed by atoms with Crippen LogP contribution < -0.4 is 5.32 Å². The lowest BCUT2D eigenvalue weighted by atomic mass is 10.2. The van der Waals surface area contributed by atoms with Gasteiger partial charge in [-0.15, -0.1) is 0 Å². The molecular weight excluding hydrogens is 375 g/mol. The van der Waals surface area contributed by atoms with Crippen molar-refractivity contribution in [2.45, 2.75) is 32.4 Å². The number of nitrogens with one attached hydrogen (secondary N) is 1. The molecule has 0 saturated carbocycles. The van der Waals surface area contributed by atoms with Gasteiger partial charge in [-0.05, 0) is 19.8 Å². The monoisotopic (exact) mass is 407 g/mol. The lowest BCUT2D eigenvalue weighted by Crippen LogP contribution is -2.54. The zero-order valence-electron chi connectivity index (χ0n) is 16.6. The number of hydrogen-bond acceptors (Lipinski definition) is 4. The minimum absolute atomic E-state index is 0.101. The lowest BCUT2D eigenvalue weighted by Gasteiger charge is -2.37. The van der Waals surface area contributed by atoms with Crippen LogP contribution in [0.2, 0.25) is 0 Å². The number of rotatable bonds is 7.